The fraction of sp³-hybridized carbons (Fsp3) is 0.348. The highest BCUT2D eigenvalue weighted by Gasteiger charge is 2.29. The van der Waals surface area contributed by atoms with E-state index in [0.717, 1.165) is 22.3 Å². The van der Waals surface area contributed by atoms with Gasteiger partial charge in [-0.15, -0.1) is 0 Å². The van der Waals surface area contributed by atoms with Crippen LogP contribution < -0.4 is 10.6 Å². The van der Waals surface area contributed by atoms with Crippen LogP contribution in [-0.2, 0) is 14.3 Å². The average Bonchev–Trinajstić information content (AvgIpc) is 3.08. The lowest BCUT2D eigenvalue weighted by Crippen LogP contribution is -2.47. The number of amides is 2. The van der Waals surface area contributed by atoms with Crippen molar-refractivity contribution >= 4 is 29.7 Å². The highest BCUT2D eigenvalue weighted by molar-refractivity contribution is 7.98. The lowest BCUT2D eigenvalue weighted by molar-refractivity contribution is -0.137. The molecule has 0 aliphatic heterocycles. The Kier molecular flexibility index (Phi) is 7.94. The zero-order valence-electron chi connectivity index (χ0n) is 17.3. The summed E-state index contributed by atoms with van der Waals surface area (Å²) in [6.45, 7) is 0.173. The first-order valence-corrected chi connectivity index (χ1v) is 11.5. The molecule has 0 bridgehead atoms. The number of carboxylic acid groups (broad SMARTS) is 1. The van der Waals surface area contributed by atoms with Crippen molar-refractivity contribution in [3.63, 3.8) is 0 Å². The summed E-state index contributed by atoms with van der Waals surface area (Å²) in [5, 5.41) is 13.9. The van der Waals surface area contributed by atoms with Crippen LogP contribution in [0.3, 0.4) is 0 Å². The number of rotatable bonds is 10. The lowest BCUT2D eigenvalue weighted by atomic mass is 9.98. The van der Waals surface area contributed by atoms with E-state index in [0.29, 0.717) is 12.2 Å². The standard InChI is InChI=1S/C23H26N2O5S/c1-31-13-11-20(22(28)24-12-10-21(26)27)25-23(29)30-14-19-17-8-4-2-6-15(17)16-7-3-5-9-18(16)19/h2-9,19-20H,10-14H2,1H3,(H,24,28)(H,25,29)(H,26,27)/t20-/m0/s1. The summed E-state index contributed by atoms with van der Waals surface area (Å²) in [5.74, 6) is -0.804. The summed E-state index contributed by atoms with van der Waals surface area (Å²) in [7, 11) is 0. The number of benzene rings is 2. The van der Waals surface area contributed by atoms with Gasteiger partial charge in [0.2, 0.25) is 5.91 Å². The number of hydrogen-bond donors (Lipinski definition) is 3. The van der Waals surface area contributed by atoms with Crippen LogP contribution in [0.1, 0.15) is 29.9 Å². The minimum Gasteiger partial charge on any atom is -0.481 e. The Hall–Kier alpha value is -3.00. The molecule has 0 saturated carbocycles. The number of alkyl carbamates (subject to hydrolysis) is 1. The summed E-state index contributed by atoms with van der Waals surface area (Å²) in [5.41, 5.74) is 4.51. The van der Waals surface area contributed by atoms with Crippen molar-refractivity contribution in [2.75, 3.05) is 25.2 Å². The van der Waals surface area contributed by atoms with Crippen molar-refractivity contribution in [2.45, 2.75) is 24.8 Å². The van der Waals surface area contributed by atoms with E-state index in [1.54, 1.807) is 11.8 Å². The summed E-state index contributed by atoms with van der Waals surface area (Å²) < 4.78 is 5.51. The molecule has 2 aromatic rings. The van der Waals surface area contributed by atoms with Gasteiger partial charge in [0.15, 0.2) is 0 Å². The van der Waals surface area contributed by atoms with E-state index in [9.17, 15) is 14.4 Å². The third-order valence-corrected chi connectivity index (χ3v) is 5.84. The molecule has 0 saturated heterocycles. The smallest absolute Gasteiger partial charge is 0.407 e. The molecule has 1 atom stereocenters. The van der Waals surface area contributed by atoms with Crippen LogP contribution in [0.4, 0.5) is 4.79 Å². The largest absolute Gasteiger partial charge is 0.481 e. The van der Waals surface area contributed by atoms with Crippen molar-refractivity contribution in [2.24, 2.45) is 0 Å². The summed E-state index contributed by atoms with van der Waals surface area (Å²) in [6, 6.07) is 15.3. The molecule has 2 aromatic carbocycles. The van der Waals surface area contributed by atoms with Crippen molar-refractivity contribution in [1.29, 1.82) is 0 Å². The predicted octanol–water partition coefficient (Wildman–Crippen LogP) is 3.24. The van der Waals surface area contributed by atoms with E-state index < -0.39 is 24.0 Å². The van der Waals surface area contributed by atoms with Gasteiger partial charge in [-0.3, -0.25) is 9.59 Å². The molecular weight excluding hydrogens is 416 g/mol. The number of carboxylic acids is 1. The Balaban J connectivity index is 1.61. The molecule has 3 rings (SSSR count). The van der Waals surface area contributed by atoms with Crippen LogP contribution >= 0.6 is 11.8 Å². The first kappa shape index (κ1) is 22.7. The number of carbonyl (C=O) groups is 3. The number of fused-ring (bicyclic) bond motifs is 3. The van der Waals surface area contributed by atoms with E-state index in [1.165, 1.54) is 0 Å². The quantitative estimate of drug-likeness (QED) is 0.522. The molecule has 1 aliphatic rings. The molecule has 0 radical (unpaired) electrons. The van der Waals surface area contributed by atoms with Gasteiger partial charge in [-0.2, -0.15) is 11.8 Å². The van der Waals surface area contributed by atoms with E-state index >= 15 is 0 Å². The molecule has 3 N–H and O–H groups in total. The fourth-order valence-electron chi connectivity index (χ4n) is 3.70. The van der Waals surface area contributed by atoms with Gasteiger partial charge < -0.3 is 20.5 Å². The van der Waals surface area contributed by atoms with Gasteiger partial charge in [0.05, 0.1) is 6.42 Å². The molecule has 2 amide bonds. The molecule has 0 unspecified atom stereocenters. The Bertz CT molecular complexity index is 904. The molecule has 1 aliphatic carbocycles. The minimum absolute atomic E-state index is 0.0102. The van der Waals surface area contributed by atoms with Crippen molar-refractivity contribution in [3.8, 4) is 11.1 Å². The molecular formula is C23H26N2O5S. The maximum atomic E-state index is 12.5. The predicted molar refractivity (Wildman–Crippen MR) is 120 cm³/mol. The fourth-order valence-corrected chi connectivity index (χ4v) is 4.17. The Morgan fingerprint density at radius 2 is 1.68 bits per heavy atom. The van der Waals surface area contributed by atoms with Crippen molar-refractivity contribution in [3.05, 3.63) is 59.7 Å². The van der Waals surface area contributed by atoms with Gasteiger partial charge in [-0.25, -0.2) is 4.79 Å². The van der Waals surface area contributed by atoms with E-state index in [-0.39, 0.29) is 25.5 Å². The number of ether oxygens (including phenoxy) is 1. The topological polar surface area (TPSA) is 105 Å². The average molecular weight is 443 g/mol. The number of carbonyl (C=O) groups excluding carboxylic acids is 2. The number of thioether (sulfide) groups is 1. The summed E-state index contributed by atoms with van der Waals surface area (Å²) in [6.07, 6.45) is 1.49. The highest BCUT2D eigenvalue weighted by Crippen LogP contribution is 2.44. The molecule has 164 valence electrons. The van der Waals surface area contributed by atoms with Crippen LogP contribution in [0.5, 0.6) is 0 Å². The van der Waals surface area contributed by atoms with Gasteiger partial charge in [0.1, 0.15) is 12.6 Å². The lowest BCUT2D eigenvalue weighted by Gasteiger charge is -2.19. The van der Waals surface area contributed by atoms with Gasteiger partial charge in [0.25, 0.3) is 0 Å². The van der Waals surface area contributed by atoms with Gasteiger partial charge in [-0.1, -0.05) is 48.5 Å². The maximum absolute atomic E-state index is 12.5. The molecule has 31 heavy (non-hydrogen) atoms. The number of nitrogens with one attached hydrogen (secondary N) is 2. The van der Waals surface area contributed by atoms with Gasteiger partial charge in [0, 0.05) is 12.5 Å². The van der Waals surface area contributed by atoms with E-state index in [2.05, 4.69) is 22.8 Å². The molecule has 0 spiro atoms. The van der Waals surface area contributed by atoms with Crippen LogP contribution in [0.2, 0.25) is 0 Å². The van der Waals surface area contributed by atoms with E-state index in [4.69, 9.17) is 9.84 Å². The monoisotopic (exact) mass is 442 g/mol. The van der Waals surface area contributed by atoms with Crippen LogP contribution in [-0.4, -0.2) is 54.3 Å². The van der Waals surface area contributed by atoms with E-state index in [1.807, 2.05) is 42.7 Å². The minimum atomic E-state index is -0.995. The maximum Gasteiger partial charge on any atom is 0.407 e. The third kappa shape index (κ3) is 5.79. The van der Waals surface area contributed by atoms with Crippen molar-refractivity contribution < 1.29 is 24.2 Å². The third-order valence-electron chi connectivity index (χ3n) is 5.20. The van der Waals surface area contributed by atoms with Crippen LogP contribution in [0, 0.1) is 0 Å². The van der Waals surface area contributed by atoms with Crippen molar-refractivity contribution in [1.82, 2.24) is 10.6 Å². The SMILES string of the molecule is CSCC[C@H](NC(=O)OCC1c2ccccc2-c2ccccc21)C(=O)NCCC(=O)O. The van der Waals surface area contributed by atoms with Crippen LogP contribution in [0.25, 0.3) is 11.1 Å². The Morgan fingerprint density at radius 1 is 1.06 bits per heavy atom. The first-order valence-electron chi connectivity index (χ1n) is 10.1. The summed E-state index contributed by atoms with van der Waals surface area (Å²) in [4.78, 5) is 35.5. The molecule has 0 fully saturated rings. The Morgan fingerprint density at radius 3 is 2.26 bits per heavy atom. The number of aliphatic carboxylic acids is 1. The summed E-state index contributed by atoms with van der Waals surface area (Å²) >= 11 is 1.56. The highest BCUT2D eigenvalue weighted by atomic mass is 32.2. The molecule has 0 aromatic heterocycles. The second-order valence-corrected chi connectivity index (χ2v) is 8.22. The molecule has 0 heterocycles. The first-order chi connectivity index (χ1) is 15.0. The van der Waals surface area contributed by atoms with Gasteiger partial charge >= 0.3 is 12.1 Å². The zero-order valence-corrected chi connectivity index (χ0v) is 18.1. The molecule has 8 heteroatoms. The number of hydrogen-bond acceptors (Lipinski definition) is 5. The second kappa shape index (κ2) is 10.9. The molecule has 7 nitrogen and oxygen atoms in total. The van der Waals surface area contributed by atoms with Gasteiger partial charge in [-0.05, 0) is 40.7 Å². The second-order valence-electron chi connectivity index (χ2n) is 7.24. The zero-order chi connectivity index (χ0) is 22.2. The van der Waals surface area contributed by atoms with Crippen LogP contribution in [0.15, 0.2) is 48.5 Å². The normalized spacial score (nSPS) is 13.1. The Labute approximate surface area is 185 Å².